The summed E-state index contributed by atoms with van der Waals surface area (Å²) in [6.07, 6.45) is -1.22. The number of halogens is 1. The molecule has 4 rings (SSSR count). The molecule has 50 heavy (non-hydrogen) atoms. The van der Waals surface area contributed by atoms with Crippen LogP contribution >= 0.6 is 11.6 Å². The smallest absolute Gasteiger partial charge is 0.328 e. The third kappa shape index (κ3) is 9.40. The zero-order valence-electron chi connectivity index (χ0n) is 28.7. The number of urea groups is 1. The normalized spacial score (nSPS) is 15.6. The Labute approximate surface area is 298 Å². The molecule has 1 aliphatic heterocycles. The number of nitrogen functional groups attached to an aromatic ring is 1. The molecule has 0 spiro atoms. The molecule has 0 radical (unpaired) electrons. The van der Waals surface area contributed by atoms with Crippen LogP contribution in [0.2, 0.25) is 5.02 Å². The van der Waals surface area contributed by atoms with Crippen LogP contribution in [0.1, 0.15) is 44.4 Å². The molecule has 0 aromatic heterocycles. The predicted octanol–water partition coefficient (Wildman–Crippen LogP) is 3.64. The molecule has 1 aliphatic rings. The van der Waals surface area contributed by atoms with Crippen molar-refractivity contribution in [1.29, 1.82) is 0 Å². The molecule has 1 saturated heterocycles. The number of hydrogen-bond acceptors (Lipinski definition) is 8. The van der Waals surface area contributed by atoms with E-state index in [0.717, 1.165) is 10.5 Å². The highest BCUT2D eigenvalue weighted by atomic mass is 35.5. The number of imide groups is 1. The van der Waals surface area contributed by atoms with E-state index in [9.17, 15) is 33.0 Å². The molecule has 3 atom stereocenters. The van der Waals surface area contributed by atoms with Crippen molar-refractivity contribution in [3.05, 3.63) is 94.5 Å². The number of nitrogens with two attached hydrogens (primary N) is 1. The number of nitrogens with zero attached hydrogens (tertiary/aromatic N) is 3. The van der Waals surface area contributed by atoms with Crippen LogP contribution in [0.25, 0.3) is 0 Å². The third-order valence-corrected chi connectivity index (χ3v) is 10.7. The van der Waals surface area contributed by atoms with Crippen LogP contribution in [-0.2, 0) is 39.2 Å². The standard InChI is InChI=1S/C36H46ClN5O7S/c1-23(2)18-40(50(48,49)28-13-14-29(37)30(38)17-28)20-32(44)31(16-25-9-6-5-7-10-25)39-35(46)34(24(3)4)42-21-33(45)41(36(42)47)19-26-11-8-12-27(15-26)22-43/h5-15,17,23-24,31-32,34,43-44H,16,18-22,38H2,1-4H3,(H,39,46)/t31-,32-,34-/m0/s1. The molecule has 0 aliphatic carbocycles. The van der Waals surface area contributed by atoms with Crippen LogP contribution in [0.4, 0.5) is 10.5 Å². The summed E-state index contributed by atoms with van der Waals surface area (Å²) in [5.74, 6) is -1.59. The summed E-state index contributed by atoms with van der Waals surface area (Å²) in [6, 6.07) is 17.4. The van der Waals surface area contributed by atoms with Gasteiger partial charge in [-0.25, -0.2) is 13.2 Å². The average Bonchev–Trinajstić information content (AvgIpc) is 3.33. The van der Waals surface area contributed by atoms with E-state index >= 15 is 0 Å². The van der Waals surface area contributed by atoms with Crippen LogP contribution in [0.3, 0.4) is 0 Å². The quantitative estimate of drug-likeness (QED) is 0.128. The number of nitrogens with one attached hydrogen (secondary N) is 1. The fraction of sp³-hybridized carbons (Fsp3) is 0.417. The minimum Gasteiger partial charge on any atom is -0.397 e. The maximum atomic E-state index is 14.1. The number of hydrogen-bond donors (Lipinski definition) is 4. The van der Waals surface area contributed by atoms with Gasteiger partial charge in [-0.15, -0.1) is 0 Å². The molecule has 14 heteroatoms. The Bertz CT molecular complexity index is 1770. The van der Waals surface area contributed by atoms with Crippen LogP contribution in [-0.4, -0.2) is 88.4 Å². The van der Waals surface area contributed by atoms with Crippen molar-refractivity contribution < 1.29 is 33.0 Å². The highest BCUT2D eigenvalue weighted by molar-refractivity contribution is 7.89. The van der Waals surface area contributed by atoms with Crippen molar-refractivity contribution in [3.63, 3.8) is 0 Å². The summed E-state index contributed by atoms with van der Waals surface area (Å²) in [4.78, 5) is 43.1. The third-order valence-electron chi connectivity index (χ3n) is 8.49. The summed E-state index contributed by atoms with van der Waals surface area (Å²) in [5.41, 5.74) is 8.09. The van der Waals surface area contributed by atoms with Gasteiger partial charge >= 0.3 is 6.03 Å². The second-order valence-corrected chi connectivity index (χ2v) is 15.7. The predicted molar refractivity (Wildman–Crippen MR) is 191 cm³/mol. The highest BCUT2D eigenvalue weighted by Crippen LogP contribution is 2.26. The fourth-order valence-electron chi connectivity index (χ4n) is 6.01. The number of benzene rings is 3. The van der Waals surface area contributed by atoms with Crippen LogP contribution in [0.5, 0.6) is 0 Å². The Morgan fingerprint density at radius 2 is 1.62 bits per heavy atom. The van der Waals surface area contributed by atoms with E-state index in [1.54, 1.807) is 38.1 Å². The lowest BCUT2D eigenvalue weighted by atomic mass is 9.97. The second-order valence-electron chi connectivity index (χ2n) is 13.3. The van der Waals surface area contributed by atoms with Crippen molar-refractivity contribution >= 4 is 45.2 Å². The molecule has 0 bridgehead atoms. The van der Waals surface area contributed by atoms with Gasteiger partial charge in [0.2, 0.25) is 15.9 Å². The molecule has 270 valence electrons. The van der Waals surface area contributed by atoms with Crippen molar-refractivity contribution in [2.24, 2.45) is 11.8 Å². The van der Waals surface area contributed by atoms with Gasteiger partial charge in [-0.1, -0.05) is 93.9 Å². The number of aliphatic hydroxyl groups excluding tert-OH is 2. The maximum Gasteiger partial charge on any atom is 0.328 e. The zero-order chi connectivity index (χ0) is 36.7. The van der Waals surface area contributed by atoms with Crippen molar-refractivity contribution in [2.45, 2.75) is 70.4 Å². The van der Waals surface area contributed by atoms with E-state index in [1.165, 1.54) is 27.4 Å². The molecule has 1 heterocycles. The minimum atomic E-state index is -4.15. The summed E-state index contributed by atoms with van der Waals surface area (Å²) in [7, 11) is -4.15. The topological polar surface area (TPSA) is 174 Å². The number of carbonyl (C=O) groups excluding carboxylic acids is 3. The first-order valence-electron chi connectivity index (χ1n) is 16.5. The van der Waals surface area contributed by atoms with E-state index in [1.807, 2.05) is 44.2 Å². The molecule has 0 unspecified atom stereocenters. The average molecular weight is 728 g/mol. The van der Waals surface area contributed by atoms with E-state index in [-0.39, 0.29) is 60.7 Å². The van der Waals surface area contributed by atoms with Gasteiger partial charge in [-0.2, -0.15) is 4.31 Å². The fourth-order valence-corrected chi connectivity index (χ4v) is 7.79. The molecule has 4 amide bonds. The van der Waals surface area contributed by atoms with E-state index in [0.29, 0.717) is 11.1 Å². The van der Waals surface area contributed by atoms with Crippen molar-refractivity contribution in [3.8, 4) is 0 Å². The Hall–Kier alpha value is -4.01. The van der Waals surface area contributed by atoms with Crippen molar-refractivity contribution in [1.82, 2.24) is 19.4 Å². The lowest BCUT2D eigenvalue weighted by Gasteiger charge is -2.34. The largest absolute Gasteiger partial charge is 0.397 e. The summed E-state index contributed by atoms with van der Waals surface area (Å²) < 4.78 is 28.9. The monoisotopic (exact) mass is 727 g/mol. The molecule has 3 aromatic carbocycles. The minimum absolute atomic E-state index is 0.0246. The lowest BCUT2D eigenvalue weighted by molar-refractivity contribution is -0.129. The van der Waals surface area contributed by atoms with Gasteiger partial charge in [0.25, 0.3) is 5.91 Å². The van der Waals surface area contributed by atoms with Gasteiger partial charge in [0.15, 0.2) is 0 Å². The lowest BCUT2D eigenvalue weighted by Crippen LogP contribution is -2.57. The summed E-state index contributed by atoms with van der Waals surface area (Å²) in [5, 5.41) is 24.3. The second kappa shape index (κ2) is 16.8. The Kier molecular flexibility index (Phi) is 13.0. The number of anilines is 1. The van der Waals surface area contributed by atoms with Gasteiger partial charge in [0.05, 0.1) is 40.9 Å². The number of carbonyl (C=O) groups is 3. The Morgan fingerprint density at radius 1 is 0.960 bits per heavy atom. The molecule has 12 nitrogen and oxygen atoms in total. The Balaban J connectivity index is 1.60. The van der Waals surface area contributed by atoms with Gasteiger partial charge < -0.3 is 26.2 Å². The van der Waals surface area contributed by atoms with Gasteiger partial charge in [0, 0.05) is 13.1 Å². The van der Waals surface area contributed by atoms with Gasteiger partial charge in [0.1, 0.15) is 12.6 Å². The molecular formula is C36H46ClN5O7S. The van der Waals surface area contributed by atoms with E-state index < -0.39 is 52.0 Å². The first kappa shape index (κ1) is 38.8. The SMILES string of the molecule is CC(C)CN(C[C@H](O)[C@H](Cc1ccccc1)NC(=O)[C@H](C(C)C)N1CC(=O)N(Cc2cccc(CO)c2)C1=O)S(=O)(=O)c1ccc(Cl)c(N)c1. The van der Waals surface area contributed by atoms with Crippen molar-refractivity contribution in [2.75, 3.05) is 25.4 Å². The zero-order valence-corrected chi connectivity index (χ0v) is 30.3. The maximum absolute atomic E-state index is 14.1. The van der Waals surface area contributed by atoms with Gasteiger partial charge in [-0.3, -0.25) is 14.5 Å². The van der Waals surface area contributed by atoms with Crippen LogP contribution in [0.15, 0.2) is 77.7 Å². The van der Waals surface area contributed by atoms with Crippen LogP contribution < -0.4 is 11.1 Å². The molecule has 0 saturated carbocycles. The number of aliphatic hydroxyl groups is 2. The molecule has 1 fully saturated rings. The summed E-state index contributed by atoms with van der Waals surface area (Å²) >= 11 is 6.05. The molecule has 5 N–H and O–H groups in total. The number of rotatable bonds is 16. The van der Waals surface area contributed by atoms with Crippen LogP contribution in [0, 0.1) is 11.8 Å². The first-order chi connectivity index (χ1) is 23.6. The van der Waals surface area contributed by atoms with Gasteiger partial charge in [-0.05, 0) is 53.1 Å². The Morgan fingerprint density at radius 3 is 2.24 bits per heavy atom. The summed E-state index contributed by atoms with van der Waals surface area (Å²) in [6.45, 7) is 6.41. The van der Waals surface area contributed by atoms with E-state index in [4.69, 9.17) is 17.3 Å². The molecular weight excluding hydrogens is 682 g/mol. The van der Waals surface area contributed by atoms with E-state index in [2.05, 4.69) is 5.32 Å². The number of sulfonamides is 1. The molecule has 3 aromatic rings. The number of amides is 4. The first-order valence-corrected chi connectivity index (χ1v) is 18.3. The highest BCUT2D eigenvalue weighted by Gasteiger charge is 2.44.